The van der Waals surface area contributed by atoms with Gasteiger partial charge in [-0.1, -0.05) is 12.2 Å². The molecule has 0 aromatic heterocycles. The van der Waals surface area contributed by atoms with Crippen molar-refractivity contribution in [3.05, 3.63) is 35.3 Å². The molecule has 3 heterocycles. The Balaban J connectivity index is 0.000000235. The molecule has 0 saturated carbocycles. The zero-order valence-electron chi connectivity index (χ0n) is 27.1. The third-order valence-electron chi connectivity index (χ3n) is 5.99. The Morgan fingerprint density at radius 1 is 0.756 bits per heavy atom. The Labute approximate surface area is 252 Å². The van der Waals surface area contributed by atoms with Crippen LogP contribution in [0.1, 0.15) is 13.3 Å². The van der Waals surface area contributed by atoms with Crippen LogP contribution < -0.4 is 0 Å². The van der Waals surface area contributed by atoms with Crippen LogP contribution in [0.2, 0.25) is 65.0 Å². The Bertz CT molecular complexity index is 1020. The van der Waals surface area contributed by atoms with Crippen LogP contribution in [0.15, 0.2) is 35.3 Å². The lowest BCUT2D eigenvalue weighted by molar-refractivity contribution is -0.117. The third-order valence-corrected chi connectivity index (χ3v) is 18.0. The fraction of sp³-hybridized carbons (Fsp3) is 0.714. The van der Waals surface area contributed by atoms with Crippen molar-refractivity contribution < 1.29 is 26.7 Å². The average Bonchev–Trinajstić information content (AvgIpc) is 3.63. The lowest BCUT2D eigenvalue weighted by atomic mass is 10.0. The van der Waals surface area contributed by atoms with Gasteiger partial charge in [-0.25, -0.2) is 0 Å². The maximum absolute atomic E-state index is 12.4. The SMILES string of the molecule is C=C(C)COCCC[Si](O[Si](C)(C)C)(O[Si](C)(C)C)O[Si](C)(C)C.O=C1C=C(N2CC2)C(=O)C(N2CC2)=C1N1CC1. The fourth-order valence-corrected chi connectivity index (χ4v) is 19.2. The molecule has 13 heteroatoms. The smallest absolute Gasteiger partial charge is 0.417 e. The van der Waals surface area contributed by atoms with Crippen LogP contribution >= 0.6 is 0 Å². The van der Waals surface area contributed by atoms with Crippen molar-refractivity contribution in [3.8, 4) is 0 Å². The topological polar surface area (TPSA) is 80.1 Å². The molecule has 0 atom stereocenters. The molecule has 0 unspecified atom stereocenters. The molecule has 9 nitrogen and oxygen atoms in total. The van der Waals surface area contributed by atoms with Crippen molar-refractivity contribution in [2.24, 2.45) is 0 Å². The zero-order chi connectivity index (χ0) is 30.8. The van der Waals surface area contributed by atoms with Crippen LogP contribution in [0, 0.1) is 0 Å². The summed E-state index contributed by atoms with van der Waals surface area (Å²) in [7, 11) is -8.03. The van der Waals surface area contributed by atoms with E-state index in [9.17, 15) is 9.59 Å². The Kier molecular flexibility index (Phi) is 10.9. The molecule has 4 aliphatic rings. The van der Waals surface area contributed by atoms with Gasteiger partial charge in [-0.15, -0.1) is 0 Å². The number of rotatable bonds is 15. The van der Waals surface area contributed by atoms with Crippen LogP contribution in [0.3, 0.4) is 0 Å². The number of carbonyl (C=O) groups is 2. The van der Waals surface area contributed by atoms with Crippen molar-refractivity contribution in [3.63, 3.8) is 0 Å². The number of ketones is 2. The van der Waals surface area contributed by atoms with Gasteiger partial charge in [0.15, 0.2) is 25.0 Å². The Morgan fingerprint density at radius 3 is 1.59 bits per heavy atom. The van der Waals surface area contributed by atoms with Crippen molar-refractivity contribution in [1.82, 2.24) is 14.7 Å². The molecular formula is C28H53N3O6Si4. The summed E-state index contributed by atoms with van der Waals surface area (Å²) in [6, 6.07) is 0.835. The minimum atomic E-state index is -2.70. The quantitative estimate of drug-likeness (QED) is 0.0837. The predicted molar refractivity (Wildman–Crippen MR) is 174 cm³/mol. The summed E-state index contributed by atoms with van der Waals surface area (Å²) in [5.74, 6) is 0.0485. The molecule has 4 rings (SSSR count). The molecule has 0 aromatic carbocycles. The normalized spacial score (nSPS) is 19.3. The van der Waals surface area contributed by atoms with Crippen molar-refractivity contribution in [2.45, 2.75) is 78.3 Å². The van der Waals surface area contributed by atoms with Gasteiger partial charge in [0.1, 0.15) is 11.4 Å². The summed E-state index contributed by atoms with van der Waals surface area (Å²) < 4.78 is 25.6. The molecule has 3 fully saturated rings. The second-order valence-corrected chi connectivity index (χ2v) is 31.3. The molecule has 0 radical (unpaired) electrons. The minimum Gasteiger partial charge on any atom is -0.417 e. The van der Waals surface area contributed by atoms with Gasteiger partial charge in [0, 0.05) is 58.0 Å². The van der Waals surface area contributed by atoms with E-state index in [2.05, 4.69) is 65.5 Å². The van der Waals surface area contributed by atoms with Gasteiger partial charge < -0.3 is 31.8 Å². The molecule has 232 valence electrons. The molecule has 0 N–H and O–H groups in total. The second kappa shape index (κ2) is 13.1. The van der Waals surface area contributed by atoms with E-state index >= 15 is 0 Å². The van der Waals surface area contributed by atoms with E-state index in [0.717, 1.165) is 57.3 Å². The van der Waals surface area contributed by atoms with E-state index in [0.29, 0.717) is 30.3 Å². The van der Waals surface area contributed by atoms with Crippen molar-refractivity contribution in [2.75, 3.05) is 52.5 Å². The molecule has 0 bridgehead atoms. The molecule has 3 aliphatic heterocycles. The van der Waals surface area contributed by atoms with E-state index < -0.39 is 33.8 Å². The van der Waals surface area contributed by atoms with E-state index in [-0.39, 0.29) is 11.6 Å². The van der Waals surface area contributed by atoms with Gasteiger partial charge in [-0.2, -0.15) is 0 Å². The van der Waals surface area contributed by atoms with Crippen LogP contribution in [-0.4, -0.2) is 113 Å². The number of Topliss-reactive ketones (excluding diaryl/α,β-unsaturated/α-hetero) is 1. The van der Waals surface area contributed by atoms with Gasteiger partial charge in [0.25, 0.3) is 0 Å². The van der Waals surface area contributed by atoms with Crippen LogP contribution in [0.5, 0.6) is 0 Å². The largest absolute Gasteiger partial charge is 0.469 e. The summed E-state index contributed by atoms with van der Waals surface area (Å²) in [5.41, 5.74) is 2.94. The van der Waals surface area contributed by atoms with Crippen LogP contribution in [0.25, 0.3) is 0 Å². The summed E-state index contributed by atoms with van der Waals surface area (Å²) >= 11 is 0. The maximum atomic E-state index is 12.4. The lowest BCUT2D eigenvalue weighted by Gasteiger charge is -2.42. The highest BCUT2D eigenvalue weighted by molar-refractivity contribution is 6.90. The number of carbonyl (C=O) groups excluding carboxylic acids is 2. The van der Waals surface area contributed by atoms with Crippen molar-refractivity contribution >= 4 is 45.3 Å². The molecule has 1 aliphatic carbocycles. The first-order chi connectivity index (χ1) is 18.8. The molecule has 0 amide bonds. The zero-order valence-corrected chi connectivity index (χ0v) is 31.1. The Morgan fingerprint density at radius 2 is 1.20 bits per heavy atom. The first-order valence-corrected chi connectivity index (χ1v) is 27.1. The first-order valence-electron chi connectivity index (χ1n) is 14.9. The molecular weight excluding hydrogens is 587 g/mol. The number of hydrogen-bond acceptors (Lipinski definition) is 9. The fourth-order valence-electron chi connectivity index (χ4n) is 4.53. The third kappa shape index (κ3) is 11.7. The highest BCUT2D eigenvalue weighted by Gasteiger charge is 2.49. The van der Waals surface area contributed by atoms with E-state index in [1.54, 1.807) is 0 Å². The highest BCUT2D eigenvalue weighted by atomic mass is 28.5. The monoisotopic (exact) mass is 639 g/mol. The van der Waals surface area contributed by atoms with Crippen LogP contribution in [0.4, 0.5) is 0 Å². The number of nitrogens with zero attached hydrogens (tertiary/aromatic N) is 3. The van der Waals surface area contributed by atoms with Gasteiger partial charge in [-0.3, -0.25) is 9.59 Å². The Hall–Kier alpha value is -1.33. The molecule has 3 saturated heterocycles. The average molecular weight is 640 g/mol. The number of allylic oxidation sites excluding steroid dienone is 1. The van der Waals surface area contributed by atoms with E-state index in [1.807, 2.05) is 21.6 Å². The highest BCUT2D eigenvalue weighted by Crippen LogP contribution is 2.34. The van der Waals surface area contributed by atoms with Gasteiger partial charge in [0.05, 0.1) is 12.3 Å². The van der Waals surface area contributed by atoms with E-state index in [4.69, 9.17) is 17.1 Å². The minimum absolute atomic E-state index is 0.00546. The predicted octanol–water partition coefficient (Wildman–Crippen LogP) is 4.64. The first kappa shape index (κ1) is 34.2. The standard InChI is InChI=1S/C16H40O4Si4.C12H13N3O2/c1-16(2)15-17-13-12-14-24(18-21(3,4)5,19-22(6,7)8)20-23(9,10)11;16-9-7-8(13-1-2-13)12(17)11(15-5-6-15)10(9)14-3-4-14/h1,12-15H2,2-11H3;7H,1-6H2. The number of ether oxygens (including phenoxy) is 1. The summed E-state index contributed by atoms with van der Waals surface area (Å²) in [6.45, 7) is 32.5. The van der Waals surface area contributed by atoms with Crippen LogP contribution in [-0.2, 0) is 26.7 Å². The van der Waals surface area contributed by atoms with Gasteiger partial charge in [-0.05, 0) is 72.3 Å². The second-order valence-electron chi connectivity index (χ2n) is 14.3. The van der Waals surface area contributed by atoms with Gasteiger partial charge in [0.2, 0.25) is 11.6 Å². The summed E-state index contributed by atoms with van der Waals surface area (Å²) in [6.07, 6.45) is 2.43. The van der Waals surface area contributed by atoms with Gasteiger partial charge >= 0.3 is 8.80 Å². The molecule has 41 heavy (non-hydrogen) atoms. The molecule has 0 aromatic rings. The number of hydrogen-bond donors (Lipinski definition) is 0. The van der Waals surface area contributed by atoms with Crippen molar-refractivity contribution in [1.29, 1.82) is 0 Å². The molecule has 0 spiro atoms. The summed E-state index contributed by atoms with van der Waals surface area (Å²) in [4.78, 5) is 30.5. The lowest BCUT2D eigenvalue weighted by Crippen LogP contribution is -2.60. The van der Waals surface area contributed by atoms with E-state index in [1.165, 1.54) is 6.08 Å². The summed E-state index contributed by atoms with van der Waals surface area (Å²) in [5, 5.41) is 0. The maximum Gasteiger partial charge on any atom is 0.469 e.